The van der Waals surface area contributed by atoms with E-state index in [0.717, 1.165) is 4.90 Å². The van der Waals surface area contributed by atoms with Crippen molar-refractivity contribution in [2.45, 2.75) is 24.8 Å². The zero-order valence-corrected chi connectivity index (χ0v) is 12.8. The highest BCUT2D eigenvalue weighted by atomic mass is 32.2. The Labute approximate surface area is 127 Å². The predicted octanol–water partition coefficient (Wildman–Crippen LogP) is 3.37. The minimum absolute atomic E-state index is 0.0516. The smallest absolute Gasteiger partial charge is 0.242 e. The molecule has 2 aromatic rings. The van der Waals surface area contributed by atoms with Gasteiger partial charge in [0.05, 0.1) is 5.75 Å². The molecule has 5 heteroatoms. The van der Waals surface area contributed by atoms with Crippen LogP contribution in [0.1, 0.15) is 18.6 Å². The summed E-state index contributed by atoms with van der Waals surface area (Å²) in [5, 5.41) is 0. The van der Waals surface area contributed by atoms with E-state index in [9.17, 15) is 9.18 Å². The predicted molar refractivity (Wildman–Crippen MR) is 82.9 cm³/mol. The van der Waals surface area contributed by atoms with Gasteiger partial charge >= 0.3 is 0 Å². The van der Waals surface area contributed by atoms with E-state index < -0.39 is 0 Å². The summed E-state index contributed by atoms with van der Waals surface area (Å²) in [6, 6.07) is 11.7. The number of halogens is 1. The summed E-state index contributed by atoms with van der Waals surface area (Å²) in [6.07, 6.45) is 1.72. The van der Waals surface area contributed by atoms with Crippen LogP contribution >= 0.6 is 11.8 Å². The van der Waals surface area contributed by atoms with Crippen molar-refractivity contribution in [3.05, 3.63) is 60.0 Å². The van der Waals surface area contributed by atoms with Crippen LogP contribution in [0.25, 0.3) is 0 Å². The number of thioether (sulfide) groups is 1. The van der Waals surface area contributed by atoms with E-state index in [1.165, 1.54) is 23.9 Å². The van der Waals surface area contributed by atoms with Crippen LogP contribution < -0.4 is 5.49 Å². The fourth-order valence-corrected chi connectivity index (χ4v) is 2.52. The Kier molecular flexibility index (Phi) is 5.33. The number of aromatic nitrogens is 1. The van der Waals surface area contributed by atoms with Gasteiger partial charge in [0.1, 0.15) is 11.3 Å². The van der Waals surface area contributed by atoms with Crippen LogP contribution in [0.5, 0.6) is 0 Å². The van der Waals surface area contributed by atoms with E-state index in [2.05, 4.69) is 4.99 Å². The van der Waals surface area contributed by atoms with Crippen molar-refractivity contribution in [3.8, 4) is 0 Å². The van der Waals surface area contributed by atoms with Crippen molar-refractivity contribution in [2.24, 2.45) is 4.99 Å². The minimum atomic E-state index is -0.277. The second-order valence-electron chi connectivity index (χ2n) is 4.79. The highest BCUT2D eigenvalue weighted by Gasteiger charge is 2.06. The van der Waals surface area contributed by atoms with Gasteiger partial charge in [0, 0.05) is 17.1 Å². The van der Waals surface area contributed by atoms with Gasteiger partial charge in [0.25, 0.3) is 0 Å². The van der Waals surface area contributed by atoms with Gasteiger partial charge in [-0.25, -0.2) is 4.39 Å². The Morgan fingerprint density at radius 2 is 1.95 bits per heavy atom. The molecule has 110 valence electrons. The molecule has 2 rings (SSSR count). The maximum atomic E-state index is 12.8. The largest absolute Gasteiger partial charge is 0.273 e. The first-order chi connectivity index (χ1) is 10.1. The van der Waals surface area contributed by atoms with Crippen molar-refractivity contribution < 1.29 is 9.18 Å². The normalized spacial score (nSPS) is 11.9. The van der Waals surface area contributed by atoms with E-state index >= 15 is 0 Å². The molecule has 0 spiro atoms. The van der Waals surface area contributed by atoms with Gasteiger partial charge in [-0.1, -0.05) is 6.07 Å². The summed E-state index contributed by atoms with van der Waals surface area (Å²) < 4.78 is 14.4. The van der Waals surface area contributed by atoms with Crippen molar-refractivity contribution >= 4 is 17.7 Å². The number of benzene rings is 1. The van der Waals surface area contributed by atoms with Crippen LogP contribution in [0.3, 0.4) is 0 Å². The fraction of sp³-hybridized carbons (Fsp3) is 0.250. The third-order valence-electron chi connectivity index (χ3n) is 2.67. The standard InChI is InChI=1S/C16H17FN2OS/c1-12(2)18-15-5-3-4-10-19(15)16(20)11-21-14-8-6-13(17)7-9-14/h3-10,12H,11H2,1-2H3. The Morgan fingerprint density at radius 1 is 1.24 bits per heavy atom. The molecule has 0 fully saturated rings. The summed E-state index contributed by atoms with van der Waals surface area (Å²) in [5.74, 6) is -0.0496. The second-order valence-corrected chi connectivity index (χ2v) is 5.84. The molecule has 0 aliphatic rings. The van der Waals surface area contributed by atoms with Crippen LogP contribution in [0.2, 0.25) is 0 Å². The van der Waals surface area contributed by atoms with Crippen LogP contribution in [-0.2, 0) is 0 Å². The first-order valence-electron chi connectivity index (χ1n) is 6.69. The molecule has 21 heavy (non-hydrogen) atoms. The Balaban J connectivity index is 2.12. The molecular weight excluding hydrogens is 287 g/mol. The Morgan fingerprint density at radius 3 is 2.62 bits per heavy atom. The van der Waals surface area contributed by atoms with Crippen molar-refractivity contribution in [1.82, 2.24) is 4.57 Å². The zero-order chi connectivity index (χ0) is 15.2. The van der Waals surface area contributed by atoms with E-state index in [0.29, 0.717) is 5.49 Å². The van der Waals surface area contributed by atoms with Crippen molar-refractivity contribution in [1.29, 1.82) is 0 Å². The maximum absolute atomic E-state index is 12.8. The van der Waals surface area contributed by atoms with Gasteiger partial charge in [-0.05, 0) is 50.2 Å². The van der Waals surface area contributed by atoms with E-state index in [1.54, 1.807) is 29.0 Å². The SMILES string of the molecule is CC(C)N=c1ccccn1C(=O)CSc1ccc(F)cc1. The molecule has 0 aliphatic heterocycles. The lowest BCUT2D eigenvalue weighted by molar-refractivity contribution is 0.0936. The lowest BCUT2D eigenvalue weighted by Gasteiger charge is -2.07. The molecule has 0 saturated heterocycles. The third kappa shape index (κ3) is 4.56. The first kappa shape index (κ1) is 15.5. The van der Waals surface area contributed by atoms with Gasteiger partial charge in [-0.2, -0.15) is 0 Å². The van der Waals surface area contributed by atoms with E-state index in [1.807, 2.05) is 26.0 Å². The number of hydrogen-bond donors (Lipinski definition) is 0. The summed E-state index contributed by atoms with van der Waals surface area (Å²) in [6.45, 7) is 3.93. The molecule has 3 nitrogen and oxygen atoms in total. The molecule has 0 bridgehead atoms. The van der Waals surface area contributed by atoms with E-state index in [-0.39, 0.29) is 23.5 Å². The number of carbonyl (C=O) groups is 1. The average Bonchev–Trinajstić information content (AvgIpc) is 2.46. The number of rotatable bonds is 4. The molecule has 0 aliphatic carbocycles. The quantitative estimate of drug-likeness (QED) is 0.812. The summed E-state index contributed by atoms with van der Waals surface area (Å²) in [5.41, 5.74) is 0.650. The minimum Gasteiger partial charge on any atom is -0.273 e. The fourth-order valence-electron chi connectivity index (χ4n) is 1.76. The molecule has 0 unspecified atom stereocenters. The van der Waals surface area contributed by atoms with Gasteiger partial charge in [-0.15, -0.1) is 11.8 Å². The van der Waals surface area contributed by atoms with Gasteiger partial charge in [-0.3, -0.25) is 14.4 Å². The lowest BCUT2D eigenvalue weighted by atomic mass is 10.4. The van der Waals surface area contributed by atoms with Crippen LogP contribution in [0.4, 0.5) is 4.39 Å². The number of carbonyl (C=O) groups excluding carboxylic acids is 1. The third-order valence-corrected chi connectivity index (χ3v) is 3.67. The van der Waals surface area contributed by atoms with Gasteiger partial charge < -0.3 is 0 Å². The van der Waals surface area contributed by atoms with Gasteiger partial charge in [0.15, 0.2) is 0 Å². The monoisotopic (exact) mass is 304 g/mol. The summed E-state index contributed by atoms with van der Waals surface area (Å²) in [7, 11) is 0. The first-order valence-corrected chi connectivity index (χ1v) is 7.68. The molecule has 0 radical (unpaired) electrons. The highest BCUT2D eigenvalue weighted by Crippen LogP contribution is 2.18. The Hall–Kier alpha value is -1.88. The van der Waals surface area contributed by atoms with Crippen LogP contribution in [0.15, 0.2) is 58.5 Å². The Bertz CT molecular complexity index is 677. The molecular formula is C16H17FN2OS. The lowest BCUT2D eigenvalue weighted by Crippen LogP contribution is -2.28. The molecule has 0 atom stereocenters. The number of hydrogen-bond acceptors (Lipinski definition) is 3. The van der Waals surface area contributed by atoms with Crippen LogP contribution in [0, 0.1) is 5.82 Å². The number of nitrogens with zero attached hydrogens (tertiary/aromatic N) is 2. The summed E-state index contributed by atoms with van der Waals surface area (Å²) in [4.78, 5) is 17.6. The maximum Gasteiger partial charge on any atom is 0.242 e. The molecule has 1 aromatic carbocycles. The molecule has 0 saturated carbocycles. The molecule has 1 heterocycles. The zero-order valence-electron chi connectivity index (χ0n) is 12.0. The van der Waals surface area contributed by atoms with Crippen LogP contribution in [-0.4, -0.2) is 22.3 Å². The van der Waals surface area contributed by atoms with Crippen molar-refractivity contribution in [2.75, 3.05) is 5.75 Å². The summed E-state index contributed by atoms with van der Waals surface area (Å²) >= 11 is 1.38. The second kappa shape index (κ2) is 7.22. The van der Waals surface area contributed by atoms with Crippen molar-refractivity contribution in [3.63, 3.8) is 0 Å². The van der Waals surface area contributed by atoms with Gasteiger partial charge in [0.2, 0.25) is 5.91 Å². The molecule has 0 amide bonds. The number of pyridine rings is 1. The molecule has 1 aromatic heterocycles. The van der Waals surface area contributed by atoms with E-state index in [4.69, 9.17) is 0 Å². The topological polar surface area (TPSA) is 34.4 Å². The highest BCUT2D eigenvalue weighted by molar-refractivity contribution is 8.00. The average molecular weight is 304 g/mol. The molecule has 0 N–H and O–H groups in total.